The Morgan fingerprint density at radius 2 is 2.00 bits per heavy atom. The maximum atomic E-state index is 10.8. The number of amides is 1. The van der Waals surface area contributed by atoms with Gasteiger partial charge in [-0.2, -0.15) is 0 Å². The highest BCUT2D eigenvalue weighted by Gasteiger charge is 2.39. The molecule has 1 amide bonds. The molecule has 4 nitrogen and oxygen atoms in total. The molecule has 0 heterocycles. The van der Waals surface area contributed by atoms with Gasteiger partial charge in [-0.05, 0) is 13.3 Å². The fraction of sp³-hybridized carbons (Fsp3) is 0.714. The van der Waals surface area contributed by atoms with E-state index in [1.165, 1.54) is 13.8 Å². The van der Waals surface area contributed by atoms with Gasteiger partial charge in [0.05, 0.1) is 0 Å². The standard InChI is InChI=1S/C7H12ClNO3/c1-4-7(3,6(11)12)9(8)5(2)10/h4H2,1-3H3,(H,11,12). The molecule has 1 N–H and O–H groups in total. The molecular weight excluding hydrogens is 182 g/mol. The van der Waals surface area contributed by atoms with E-state index in [1.807, 2.05) is 0 Å². The zero-order valence-electron chi connectivity index (χ0n) is 7.30. The van der Waals surface area contributed by atoms with Crippen molar-refractivity contribution in [2.45, 2.75) is 32.7 Å². The number of carboxylic acid groups (broad SMARTS) is 1. The number of hydrogen-bond acceptors (Lipinski definition) is 2. The minimum Gasteiger partial charge on any atom is -0.479 e. The summed E-state index contributed by atoms with van der Waals surface area (Å²) in [6.45, 7) is 4.29. The maximum absolute atomic E-state index is 10.8. The Bertz CT molecular complexity index is 207. The Morgan fingerprint density at radius 3 is 2.08 bits per heavy atom. The Balaban J connectivity index is 4.75. The third kappa shape index (κ3) is 1.88. The van der Waals surface area contributed by atoms with Crippen molar-refractivity contribution in [1.29, 1.82) is 0 Å². The second-order valence-electron chi connectivity index (χ2n) is 2.73. The number of nitrogens with zero attached hydrogens (tertiary/aromatic N) is 1. The topological polar surface area (TPSA) is 57.6 Å². The molecule has 1 atom stereocenters. The van der Waals surface area contributed by atoms with Crippen LogP contribution in [0.25, 0.3) is 0 Å². The summed E-state index contributed by atoms with van der Waals surface area (Å²) in [7, 11) is 0. The number of carbonyl (C=O) groups excluding carboxylic acids is 1. The van der Waals surface area contributed by atoms with Crippen LogP contribution in [0.1, 0.15) is 27.2 Å². The molecule has 70 valence electrons. The van der Waals surface area contributed by atoms with E-state index in [1.54, 1.807) is 6.92 Å². The van der Waals surface area contributed by atoms with Crippen molar-refractivity contribution >= 4 is 23.7 Å². The van der Waals surface area contributed by atoms with E-state index < -0.39 is 17.4 Å². The molecule has 0 radical (unpaired) electrons. The van der Waals surface area contributed by atoms with Crippen LogP contribution in [0.15, 0.2) is 0 Å². The second-order valence-corrected chi connectivity index (χ2v) is 3.07. The van der Waals surface area contributed by atoms with Gasteiger partial charge in [0.2, 0.25) is 5.91 Å². The van der Waals surface area contributed by atoms with Gasteiger partial charge in [0.25, 0.3) is 0 Å². The van der Waals surface area contributed by atoms with E-state index in [9.17, 15) is 9.59 Å². The molecule has 0 saturated carbocycles. The van der Waals surface area contributed by atoms with E-state index >= 15 is 0 Å². The molecule has 1 unspecified atom stereocenters. The van der Waals surface area contributed by atoms with Crippen LogP contribution in [0.5, 0.6) is 0 Å². The molecule has 0 saturated heterocycles. The highest BCUT2D eigenvalue weighted by Crippen LogP contribution is 2.21. The molecule has 0 aromatic heterocycles. The minimum atomic E-state index is -1.31. The van der Waals surface area contributed by atoms with Gasteiger partial charge in [-0.25, -0.2) is 9.21 Å². The summed E-state index contributed by atoms with van der Waals surface area (Å²) in [5, 5.41) is 8.77. The monoisotopic (exact) mass is 193 g/mol. The van der Waals surface area contributed by atoms with Crippen LogP contribution in [0, 0.1) is 0 Å². The van der Waals surface area contributed by atoms with E-state index in [4.69, 9.17) is 16.9 Å². The van der Waals surface area contributed by atoms with Crippen molar-refractivity contribution < 1.29 is 14.7 Å². The number of rotatable bonds is 3. The van der Waals surface area contributed by atoms with E-state index in [0.717, 1.165) is 4.42 Å². The molecule has 0 aromatic carbocycles. The lowest BCUT2D eigenvalue weighted by Crippen LogP contribution is -2.49. The number of carboxylic acids is 1. The second kappa shape index (κ2) is 3.76. The van der Waals surface area contributed by atoms with Gasteiger partial charge in [-0.3, -0.25) is 4.79 Å². The quantitative estimate of drug-likeness (QED) is 0.687. The van der Waals surface area contributed by atoms with Gasteiger partial charge >= 0.3 is 5.97 Å². The van der Waals surface area contributed by atoms with E-state index in [2.05, 4.69) is 0 Å². The summed E-state index contributed by atoms with van der Waals surface area (Å²) in [5.74, 6) is -1.57. The van der Waals surface area contributed by atoms with Crippen LogP contribution < -0.4 is 0 Å². The van der Waals surface area contributed by atoms with Crippen molar-refractivity contribution in [3.05, 3.63) is 0 Å². The third-order valence-electron chi connectivity index (χ3n) is 1.86. The first kappa shape index (κ1) is 11.2. The summed E-state index contributed by atoms with van der Waals surface area (Å²) >= 11 is 5.52. The van der Waals surface area contributed by atoms with Crippen LogP contribution in [-0.4, -0.2) is 26.9 Å². The molecule has 0 aliphatic rings. The molecule has 0 spiro atoms. The number of aliphatic carboxylic acids is 1. The van der Waals surface area contributed by atoms with Crippen LogP contribution in [-0.2, 0) is 9.59 Å². The highest BCUT2D eigenvalue weighted by atomic mass is 35.5. The molecule has 0 rings (SSSR count). The summed E-state index contributed by atoms with van der Waals surface area (Å²) in [6.07, 6.45) is 0.269. The van der Waals surface area contributed by atoms with Gasteiger partial charge in [-0.15, -0.1) is 0 Å². The lowest BCUT2D eigenvalue weighted by Gasteiger charge is -2.30. The van der Waals surface area contributed by atoms with Gasteiger partial charge < -0.3 is 5.11 Å². The Morgan fingerprint density at radius 1 is 1.58 bits per heavy atom. The smallest absolute Gasteiger partial charge is 0.330 e. The molecule has 0 aromatic rings. The summed E-state index contributed by atoms with van der Waals surface area (Å²) in [6, 6.07) is 0. The van der Waals surface area contributed by atoms with E-state index in [-0.39, 0.29) is 6.42 Å². The maximum Gasteiger partial charge on any atom is 0.330 e. The van der Waals surface area contributed by atoms with Crippen molar-refractivity contribution in [2.24, 2.45) is 0 Å². The lowest BCUT2D eigenvalue weighted by atomic mass is 9.99. The predicted octanol–water partition coefficient (Wildman–Crippen LogP) is 1.24. The van der Waals surface area contributed by atoms with Gasteiger partial charge in [0.15, 0.2) is 5.54 Å². The predicted molar refractivity (Wildman–Crippen MR) is 44.7 cm³/mol. The van der Waals surface area contributed by atoms with E-state index in [0.29, 0.717) is 0 Å². The van der Waals surface area contributed by atoms with Crippen molar-refractivity contribution in [1.82, 2.24) is 4.42 Å². The fourth-order valence-electron chi connectivity index (χ4n) is 0.722. The molecule has 5 heteroatoms. The Kier molecular flexibility index (Phi) is 3.52. The SMILES string of the molecule is CCC(C)(C(=O)O)N(Cl)C(C)=O. The Hall–Kier alpha value is -0.770. The van der Waals surface area contributed by atoms with Crippen LogP contribution in [0.4, 0.5) is 0 Å². The lowest BCUT2D eigenvalue weighted by molar-refractivity contribution is -0.152. The summed E-state index contributed by atoms with van der Waals surface area (Å²) in [5.41, 5.74) is -1.31. The zero-order valence-corrected chi connectivity index (χ0v) is 8.05. The average molecular weight is 194 g/mol. The van der Waals surface area contributed by atoms with Gasteiger partial charge in [-0.1, -0.05) is 6.92 Å². The normalized spacial score (nSPS) is 15.0. The first-order chi connectivity index (χ1) is 5.36. The molecule has 0 fully saturated rings. The van der Waals surface area contributed by atoms with Crippen LogP contribution in [0.2, 0.25) is 0 Å². The summed E-state index contributed by atoms with van der Waals surface area (Å²) < 4.78 is 0.718. The van der Waals surface area contributed by atoms with Crippen LogP contribution >= 0.6 is 11.8 Å². The van der Waals surface area contributed by atoms with Gasteiger partial charge in [0, 0.05) is 18.7 Å². The number of carbonyl (C=O) groups is 2. The highest BCUT2D eigenvalue weighted by molar-refractivity contribution is 6.23. The summed E-state index contributed by atoms with van der Waals surface area (Å²) in [4.78, 5) is 21.5. The minimum absolute atomic E-state index is 0.269. The van der Waals surface area contributed by atoms with Crippen molar-refractivity contribution in [3.8, 4) is 0 Å². The first-order valence-electron chi connectivity index (χ1n) is 3.56. The molecule has 0 aliphatic heterocycles. The molecule has 0 bridgehead atoms. The molecule has 12 heavy (non-hydrogen) atoms. The van der Waals surface area contributed by atoms with Crippen molar-refractivity contribution in [2.75, 3.05) is 0 Å². The Labute approximate surface area is 76.2 Å². The van der Waals surface area contributed by atoms with Gasteiger partial charge in [0.1, 0.15) is 0 Å². The molecule has 0 aliphatic carbocycles. The first-order valence-corrected chi connectivity index (χ1v) is 3.90. The van der Waals surface area contributed by atoms with Crippen molar-refractivity contribution in [3.63, 3.8) is 0 Å². The van der Waals surface area contributed by atoms with Crippen LogP contribution in [0.3, 0.4) is 0 Å². The average Bonchev–Trinajstić information content (AvgIpc) is 2.01. The zero-order chi connectivity index (χ0) is 9.94. The third-order valence-corrected chi connectivity index (χ3v) is 2.47. The largest absolute Gasteiger partial charge is 0.479 e. The fourth-order valence-corrected chi connectivity index (χ4v) is 0.913. The number of hydrogen-bond donors (Lipinski definition) is 1. The molecular formula is C7H12ClNO3. The number of halogens is 1.